The Morgan fingerprint density at radius 3 is 3.00 bits per heavy atom. The van der Waals surface area contributed by atoms with Crippen LogP contribution in [0.2, 0.25) is 0 Å². The van der Waals surface area contributed by atoms with Gasteiger partial charge in [-0.2, -0.15) is 0 Å². The highest BCUT2D eigenvalue weighted by Crippen LogP contribution is 2.34. The molecule has 7 heteroatoms. The Morgan fingerprint density at radius 2 is 2.09 bits per heavy atom. The molecule has 1 saturated heterocycles. The maximum atomic E-state index is 13.2. The van der Waals surface area contributed by atoms with Crippen LogP contribution in [0, 0.1) is 0 Å². The van der Waals surface area contributed by atoms with Crippen molar-refractivity contribution in [3.63, 3.8) is 0 Å². The van der Waals surface area contributed by atoms with E-state index < -0.39 is 0 Å². The highest BCUT2D eigenvalue weighted by molar-refractivity contribution is 5.92. The van der Waals surface area contributed by atoms with Crippen LogP contribution in [0.1, 0.15) is 40.7 Å². The first-order valence-corrected chi connectivity index (χ1v) is 10.6. The van der Waals surface area contributed by atoms with E-state index in [0.717, 1.165) is 40.7 Å². The zero-order valence-electron chi connectivity index (χ0n) is 17.7. The zero-order chi connectivity index (χ0) is 21.9. The summed E-state index contributed by atoms with van der Waals surface area (Å²) in [6.07, 6.45) is 5.37. The van der Waals surface area contributed by atoms with E-state index in [2.05, 4.69) is 10.1 Å². The molecule has 162 valence electrons. The molecule has 7 nitrogen and oxygen atoms in total. The Kier molecular flexibility index (Phi) is 5.46. The fourth-order valence-corrected chi connectivity index (χ4v) is 4.20. The topological polar surface area (TPSA) is 77.7 Å². The number of pyridine rings is 1. The molecule has 0 saturated carbocycles. The van der Waals surface area contributed by atoms with Gasteiger partial charge in [0.15, 0.2) is 11.5 Å². The van der Waals surface area contributed by atoms with Crippen LogP contribution in [0.3, 0.4) is 0 Å². The van der Waals surface area contributed by atoms with Gasteiger partial charge >= 0.3 is 0 Å². The molecule has 32 heavy (non-hydrogen) atoms. The molecule has 1 fully saturated rings. The zero-order valence-corrected chi connectivity index (χ0v) is 17.7. The van der Waals surface area contributed by atoms with Gasteiger partial charge in [0, 0.05) is 35.8 Å². The number of benzene rings is 2. The molecule has 1 atom stereocenters. The molecule has 1 unspecified atom stereocenters. The number of amides is 1. The second-order valence-electron chi connectivity index (χ2n) is 7.75. The van der Waals surface area contributed by atoms with E-state index in [1.807, 2.05) is 53.4 Å². The van der Waals surface area contributed by atoms with Gasteiger partial charge in [0.05, 0.1) is 13.2 Å². The molecule has 0 bridgehead atoms. The number of hydrogen-bond donors (Lipinski definition) is 0. The summed E-state index contributed by atoms with van der Waals surface area (Å²) in [5.74, 6) is 1.87. The average molecular weight is 429 g/mol. The van der Waals surface area contributed by atoms with Crippen molar-refractivity contribution in [3.8, 4) is 11.5 Å². The quantitative estimate of drug-likeness (QED) is 0.439. The van der Waals surface area contributed by atoms with Crippen molar-refractivity contribution >= 4 is 16.7 Å². The molecule has 0 spiro atoms. The summed E-state index contributed by atoms with van der Waals surface area (Å²) in [5, 5.41) is 5.98. The molecule has 2 aromatic heterocycles. The molecular weight excluding hydrogens is 406 g/mol. The number of nitrogens with zero attached hydrogens (tertiary/aromatic N) is 3. The molecule has 2 aromatic carbocycles. The summed E-state index contributed by atoms with van der Waals surface area (Å²) in [6, 6.07) is 17.2. The summed E-state index contributed by atoms with van der Waals surface area (Å²) < 4.78 is 16.7. The maximum absolute atomic E-state index is 13.2. The summed E-state index contributed by atoms with van der Waals surface area (Å²) in [6.45, 7) is 0.866. The van der Waals surface area contributed by atoms with E-state index in [4.69, 9.17) is 14.0 Å². The van der Waals surface area contributed by atoms with Crippen molar-refractivity contribution in [2.75, 3.05) is 13.7 Å². The average Bonchev–Trinajstić information content (AvgIpc) is 3.52. The largest absolute Gasteiger partial charge is 0.497 e. The van der Waals surface area contributed by atoms with Gasteiger partial charge in [0.1, 0.15) is 18.1 Å². The SMILES string of the molecule is COc1cccc(C2CCCN2C(=O)c2cc(COc3cccc4cnccc34)on2)c1. The van der Waals surface area contributed by atoms with E-state index in [1.54, 1.807) is 25.6 Å². The van der Waals surface area contributed by atoms with Crippen molar-refractivity contribution in [1.29, 1.82) is 0 Å². The minimum atomic E-state index is -0.137. The van der Waals surface area contributed by atoms with Gasteiger partial charge in [-0.25, -0.2) is 0 Å². The highest BCUT2D eigenvalue weighted by Gasteiger charge is 2.32. The number of carbonyl (C=O) groups excluding carboxylic acids is 1. The summed E-state index contributed by atoms with van der Waals surface area (Å²) >= 11 is 0. The van der Waals surface area contributed by atoms with Crippen LogP contribution in [0.25, 0.3) is 10.8 Å². The fourth-order valence-electron chi connectivity index (χ4n) is 4.20. The first-order chi connectivity index (χ1) is 15.7. The van der Waals surface area contributed by atoms with Crippen LogP contribution in [0.4, 0.5) is 0 Å². The molecule has 0 N–H and O–H groups in total. The standard InChI is InChI=1S/C25H23N3O4/c1-30-19-7-2-5-17(13-19)23-8-4-12-28(23)25(29)22-14-20(32-27-22)16-31-24-9-3-6-18-15-26-11-10-21(18)24/h2-3,5-7,9-11,13-15,23H,4,8,12,16H2,1H3. The van der Waals surface area contributed by atoms with Crippen LogP contribution in [-0.4, -0.2) is 34.6 Å². The van der Waals surface area contributed by atoms with E-state index in [0.29, 0.717) is 18.0 Å². The smallest absolute Gasteiger partial charge is 0.276 e. The number of rotatable bonds is 6. The van der Waals surface area contributed by atoms with Crippen LogP contribution in [-0.2, 0) is 6.61 Å². The van der Waals surface area contributed by atoms with Crippen molar-refractivity contribution < 1.29 is 18.8 Å². The molecular formula is C25H23N3O4. The number of ether oxygens (including phenoxy) is 2. The third-order valence-corrected chi connectivity index (χ3v) is 5.78. The van der Waals surface area contributed by atoms with Crippen molar-refractivity contribution in [2.45, 2.75) is 25.5 Å². The summed E-state index contributed by atoms with van der Waals surface area (Å²) in [7, 11) is 1.64. The Balaban J connectivity index is 1.30. The Hall–Kier alpha value is -3.87. The van der Waals surface area contributed by atoms with E-state index in [-0.39, 0.29) is 18.6 Å². The molecule has 1 aliphatic rings. The first-order valence-electron chi connectivity index (χ1n) is 10.6. The second kappa shape index (κ2) is 8.70. The van der Waals surface area contributed by atoms with Gasteiger partial charge in [-0.1, -0.05) is 29.4 Å². The lowest BCUT2D eigenvalue weighted by molar-refractivity contribution is 0.0724. The molecule has 1 aliphatic heterocycles. The van der Waals surface area contributed by atoms with Crippen LogP contribution in [0.5, 0.6) is 11.5 Å². The van der Waals surface area contributed by atoms with Crippen molar-refractivity contribution in [1.82, 2.24) is 15.0 Å². The highest BCUT2D eigenvalue weighted by atomic mass is 16.5. The number of carbonyl (C=O) groups is 1. The normalized spacial score (nSPS) is 15.8. The molecule has 1 amide bonds. The van der Waals surface area contributed by atoms with Gasteiger partial charge in [-0.15, -0.1) is 0 Å². The minimum absolute atomic E-state index is 0.00158. The monoisotopic (exact) mass is 429 g/mol. The Bertz CT molecular complexity index is 1250. The molecule has 0 radical (unpaired) electrons. The van der Waals surface area contributed by atoms with Crippen molar-refractivity contribution in [3.05, 3.63) is 84.0 Å². The third-order valence-electron chi connectivity index (χ3n) is 5.78. The molecule has 0 aliphatic carbocycles. The molecule has 4 aromatic rings. The van der Waals surface area contributed by atoms with Gasteiger partial charge in [-0.3, -0.25) is 9.78 Å². The maximum Gasteiger partial charge on any atom is 0.276 e. The third kappa shape index (κ3) is 3.89. The van der Waals surface area contributed by atoms with E-state index >= 15 is 0 Å². The first kappa shape index (κ1) is 20.1. The Morgan fingerprint density at radius 1 is 1.19 bits per heavy atom. The number of methoxy groups -OCH3 is 1. The minimum Gasteiger partial charge on any atom is -0.497 e. The number of fused-ring (bicyclic) bond motifs is 1. The summed E-state index contributed by atoms with van der Waals surface area (Å²) in [5.41, 5.74) is 1.35. The number of likely N-dealkylation sites (tertiary alicyclic amines) is 1. The predicted molar refractivity (Wildman–Crippen MR) is 119 cm³/mol. The lowest BCUT2D eigenvalue weighted by Crippen LogP contribution is -2.30. The summed E-state index contributed by atoms with van der Waals surface area (Å²) in [4.78, 5) is 19.2. The number of hydrogen-bond acceptors (Lipinski definition) is 6. The van der Waals surface area contributed by atoms with E-state index in [9.17, 15) is 4.79 Å². The fraction of sp³-hybridized carbons (Fsp3) is 0.240. The second-order valence-corrected chi connectivity index (χ2v) is 7.75. The van der Waals surface area contributed by atoms with E-state index in [1.165, 1.54) is 0 Å². The van der Waals surface area contributed by atoms with Gasteiger partial charge in [-0.05, 0) is 42.7 Å². The number of aromatic nitrogens is 2. The van der Waals surface area contributed by atoms with Crippen LogP contribution < -0.4 is 9.47 Å². The lowest BCUT2D eigenvalue weighted by Gasteiger charge is -2.24. The van der Waals surface area contributed by atoms with Gasteiger partial charge in [0.25, 0.3) is 5.91 Å². The molecule has 5 rings (SSSR count). The van der Waals surface area contributed by atoms with Crippen LogP contribution in [0.15, 0.2) is 71.5 Å². The van der Waals surface area contributed by atoms with Crippen molar-refractivity contribution in [2.24, 2.45) is 0 Å². The van der Waals surface area contributed by atoms with Crippen LogP contribution >= 0.6 is 0 Å². The van der Waals surface area contributed by atoms with Gasteiger partial charge < -0.3 is 18.9 Å². The Labute approximate surface area is 185 Å². The predicted octanol–water partition coefficient (Wildman–Crippen LogP) is 4.79. The van der Waals surface area contributed by atoms with Gasteiger partial charge in [0.2, 0.25) is 0 Å². The lowest BCUT2D eigenvalue weighted by atomic mass is 10.0. The molecule has 3 heterocycles.